The van der Waals surface area contributed by atoms with Crippen molar-refractivity contribution in [3.05, 3.63) is 64.4 Å². The average Bonchev–Trinajstić information content (AvgIpc) is 2.59. The molecule has 0 radical (unpaired) electrons. The molecule has 1 aliphatic rings. The van der Waals surface area contributed by atoms with E-state index in [1.165, 1.54) is 17.0 Å². The van der Waals surface area contributed by atoms with Gasteiger partial charge < -0.3 is 9.80 Å². The normalized spacial score (nSPS) is 17.8. The largest absolute Gasteiger partial charge is 0.325 e. The van der Waals surface area contributed by atoms with Crippen molar-refractivity contribution in [2.45, 2.75) is 19.9 Å². The van der Waals surface area contributed by atoms with Crippen LogP contribution in [0.2, 0.25) is 5.02 Å². The molecule has 1 atom stereocenters. The number of carbonyl (C=O) groups is 2. The third-order valence-corrected chi connectivity index (χ3v) is 4.59. The number of hydrogen-bond donors (Lipinski definition) is 0. The van der Waals surface area contributed by atoms with Crippen LogP contribution in [0.3, 0.4) is 0 Å². The van der Waals surface area contributed by atoms with Crippen molar-refractivity contribution in [2.24, 2.45) is 0 Å². The van der Waals surface area contributed by atoms with Gasteiger partial charge in [0.1, 0.15) is 12.4 Å². The van der Waals surface area contributed by atoms with Gasteiger partial charge in [-0.3, -0.25) is 9.59 Å². The van der Waals surface area contributed by atoms with Crippen molar-refractivity contribution in [1.29, 1.82) is 0 Å². The van der Waals surface area contributed by atoms with Crippen molar-refractivity contribution in [2.75, 3.05) is 18.0 Å². The highest BCUT2D eigenvalue weighted by Gasteiger charge is 2.34. The summed E-state index contributed by atoms with van der Waals surface area (Å²) in [6.07, 6.45) is 0. The second-order valence-electron chi connectivity index (χ2n) is 6.25. The second kappa shape index (κ2) is 6.84. The third kappa shape index (κ3) is 3.51. The zero-order valence-corrected chi connectivity index (χ0v) is 14.8. The predicted octanol–water partition coefficient (Wildman–Crippen LogP) is 3.67. The van der Waals surface area contributed by atoms with E-state index in [1.54, 1.807) is 4.90 Å². The number of aryl methyl sites for hydroxylation is 1. The van der Waals surface area contributed by atoms with E-state index in [-0.39, 0.29) is 29.1 Å². The Bertz CT molecular complexity index is 823. The molecule has 0 aromatic heterocycles. The molecule has 1 fully saturated rings. The van der Waals surface area contributed by atoms with Crippen LogP contribution in [-0.2, 0) is 4.79 Å². The average molecular weight is 361 g/mol. The highest BCUT2D eigenvalue weighted by molar-refractivity contribution is 6.31. The molecule has 130 valence electrons. The van der Waals surface area contributed by atoms with Gasteiger partial charge in [0, 0.05) is 23.3 Å². The Morgan fingerprint density at radius 3 is 2.56 bits per heavy atom. The summed E-state index contributed by atoms with van der Waals surface area (Å²) >= 11 is 5.87. The van der Waals surface area contributed by atoms with Gasteiger partial charge in [-0.15, -0.1) is 0 Å². The van der Waals surface area contributed by atoms with Crippen molar-refractivity contribution in [1.82, 2.24) is 4.90 Å². The van der Waals surface area contributed by atoms with Gasteiger partial charge in [0.15, 0.2) is 0 Å². The molecule has 0 N–H and O–H groups in total. The molecular weight excluding hydrogens is 343 g/mol. The smallest absolute Gasteiger partial charge is 0.257 e. The first kappa shape index (κ1) is 17.4. The SMILES string of the molecule is Cc1ccc(N2CC(C)N(C(=O)c3cc(Cl)ccc3F)CC2=O)cc1. The highest BCUT2D eigenvalue weighted by Crippen LogP contribution is 2.23. The fourth-order valence-electron chi connectivity index (χ4n) is 2.91. The number of amides is 2. The molecule has 1 heterocycles. The molecule has 0 bridgehead atoms. The number of nitrogens with zero attached hydrogens (tertiary/aromatic N) is 2. The van der Waals surface area contributed by atoms with Gasteiger partial charge >= 0.3 is 0 Å². The Labute approximate surface area is 150 Å². The minimum atomic E-state index is -0.644. The summed E-state index contributed by atoms with van der Waals surface area (Å²) in [5, 5.41) is 0.280. The van der Waals surface area contributed by atoms with E-state index < -0.39 is 11.7 Å². The lowest BCUT2D eigenvalue weighted by Gasteiger charge is -2.39. The molecule has 1 aliphatic heterocycles. The standard InChI is InChI=1S/C19H18ClFN2O2/c1-12-3-6-15(7-4-12)23-10-13(2)22(11-18(23)24)19(25)16-9-14(20)5-8-17(16)21/h3-9,13H,10-11H2,1-2H3. The molecule has 0 saturated carbocycles. The predicted molar refractivity (Wildman–Crippen MR) is 95.4 cm³/mol. The minimum absolute atomic E-state index is 0.0974. The Balaban J connectivity index is 1.82. The number of benzene rings is 2. The van der Waals surface area contributed by atoms with Crippen molar-refractivity contribution < 1.29 is 14.0 Å². The zero-order valence-electron chi connectivity index (χ0n) is 14.0. The Morgan fingerprint density at radius 2 is 1.88 bits per heavy atom. The van der Waals surface area contributed by atoms with E-state index >= 15 is 0 Å². The number of halogens is 2. The van der Waals surface area contributed by atoms with E-state index in [1.807, 2.05) is 38.1 Å². The molecule has 1 unspecified atom stereocenters. The number of carbonyl (C=O) groups excluding carboxylic acids is 2. The highest BCUT2D eigenvalue weighted by atomic mass is 35.5. The lowest BCUT2D eigenvalue weighted by molar-refractivity contribution is -0.121. The molecule has 2 aromatic carbocycles. The maximum absolute atomic E-state index is 14.0. The van der Waals surface area contributed by atoms with Gasteiger partial charge in [0.05, 0.1) is 5.56 Å². The van der Waals surface area contributed by atoms with Gasteiger partial charge in [-0.2, -0.15) is 0 Å². The van der Waals surface area contributed by atoms with Crippen LogP contribution in [-0.4, -0.2) is 35.8 Å². The van der Waals surface area contributed by atoms with Crippen LogP contribution in [0.25, 0.3) is 0 Å². The van der Waals surface area contributed by atoms with E-state index in [0.717, 1.165) is 17.3 Å². The fourth-order valence-corrected chi connectivity index (χ4v) is 3.09. The van der Waals surface area contributed by atoms with Gasteiger partial charge in [-0.05, 0) is 44.2 Å². The number of piperazine rings is 1. The van der Waals surface area contributed by atoms with Gasteiger partial charge in [0.25, 0.3) is 5.91 Å². The summed E-state index contributed by atoms with van der Waals surface area (Å²) < 4.78 is 14.0. The molecule has 25 heavy (non-hydrogen) atoms. The molecule has 6 heteroatoms. The van der Waals surface area contributed by atoms with Gasteiger partial charge in [-0.1, -0.05) is 29.3 Å². The quantitative estimate of drug-likeness (QED) is 0.820. The molecule has 3 rings (SSSR count). The Morgan fingerprint density at radius 1 is 1.20 bits per heavy atom. The van der Waals surface area contributed by atoms with Crippen molar-refractivity contribution in [3.63, 3.8) is 0 Å². The van der Waals surface area contributed by atoms with E-state index in [0.29, 0.717) is 6.54 Å². The number of hydrogen-bond acceptors (Lipinski definition) is 2. The summed E-state index contributed by atoms with van der Waals surface area (Å²) in [5.41, 5.74) is 1.79. The van der Waals surface area contributed by atoms with Crippen LogP contribution in [0.5, 0.6) is 0 Å². The van der Waals surface area contributed by atoms with Crippen molar-refractivity contribution in [3.8, 4) is 0 Å². The Kier molecular flexibility index (Phi) is 4.77. The van der Waals surface area contributed by atoms with Crippen LogP contribution < -0.4 is 4.90 Å². The summed E-state index contributed by atoms with van der Waals surface area (Å²) in [4.78, 5) is 28.3. The molecule has 1 saturated heterocycles. The number of rotatable bonds is 2. The first-order valence-electron chi connectivity index (χ1n) is 8.00. The molecule has 2 aromatic rings. The van der Waals surface area contributed by atoms with Crippen LogP contribution in [0.1, 0.15) is 22.8 Å². The Hall–Kier alpha value is -2.40. The lowest BCUT2D eigenvalue weighted by atomic mass is 10.1. The first-order valence-corrected chi connectivity index (χ1v) is 8.37. The fraction of sp³-hybridized carbons (Fsp3) is 0.263. The van der Waals surface area contributed by atoms with Gasteiger partial charge in [-0.25, -0.2) is 4.39 Å². The van der Waals surface area contributed by atoms with Crippen LogP contribution in [0.15, 0.2) is 42.5 Å². The van der Waals surface area contributed by atoms with Crippen LogP contribution in [0.4, 0.5) is 10.1 Å². The third-order valence-electron chi connectivity index (χ3n) is 4.35. The molecule has 0 spiro atoms. The number of anilines is 1. The zero-order chi connectivity index (χ0) is 18.1. The molecule has 2 amide bonds. The molecular formula is C19H18ClFN2O2. The van der Waals surface area contributed by atoms with Crippen molar-refractivity contribution >= 4 is 29.1 Å². The lowest BCUT2D eigenvalue weighted by Crippen LogP contribution is -2.57. The van der Waals surface area contributed by atoms with Gasteiger partial charge in [0.2, 0.25) is 5.91 Å². The van der Waals surface area contributed by atoms with Crippen LogP contribution >= 0.6 is 11.6 Å². The van der Waals surface area contributed by atoms with E-state index in [9.17, 15) is 14.0 Å². The maximum atomic E-state index is 14.0. The summed E-state index contributed by atoms with van der Waals surface area (Å²) in [5.74, 6) is -1.36. The maximum Gasteiger partial charge on any atom is 0.257 e. The summed E-state index contributed by atoms with van der Waals surface area (Å²) in [6.45, 7) is 4.08. The monoisotopic (exact) mass is 360 g/mol. The topological polar surface area (TPSA) is 40.6 Å². The molecule has 4 nitrogen and oxygen atoms in total. The second-order valence-corrected chi connectivity index (χ2v) is 6.68. The van der Waals surface area contributed by atoms with E-state index in [2.05, 4.69) is 0 Å². The van der Waals surface area contributed by atoms with E-state index in [4.69, 9.17) is 11.6 Å². The minimum Gasteiger partial charge on any atom is -0.325 e. The summed E-state index contributed by atoms with van der Waals surface area (Å²) in [7, 11) is 0. The first-order chi connectivity index (χ1) is 11.9. The summed E-state index contributed by atoms with van der Waals surface area (Å²) in [6, 6.07) is 11.2. The molecule has 0 aliphatic carbocycles. The van der Waals surface area contributed by atoms with Crippen LogP contribution in [0, 0.1) is 12.7 Å².